The summed E-state index contributed by atoms with van der Waals surface area (Å²) in [7, 11) is 2.08. The number of aromatic nitrogens is 3. The summed E-state index contributed by atoms with van der Waals surface area (Å²) in [4.78, 5) is 24.5. The predicted octanol–water partition coefficient (Wildman–Crippen LogP) is 4.92. The van der Waals surface area contributed by atoms with Crippen LogP contribution in [0.5, 0.6) is 0 Å². The number of hydrogen-bond acceptors (Lipinski definition) is 5. The molecule has 204 valence electrons. The van der Waals surface area contributed by atoms with Crippen LogP contribution in [0.3, 0.4) is 0 Å². The molecule has 0 unspecified atom stereocenters. The van der Waals surface area contributed by atoms with Gasteiger partial charge in [-0.2, -0.15) is 31.4 Å². The SMILES string of the molecule is Cc1cc(CN(C)Cc2c(C)n[nH]c2C)c2ccc(F)cc2n1.O=C(O)C(F)(F)F.O=C(O)C(F)(F)F. The molecule has 37 heavy (non-hydrogen) atoms. The number of carboxylic acids is 2. The maximum Gasteiger partial charge on any atom is 0.490 e. The third-order valence-corrected chi connectivity index (χ3v) is 4.62. The fourth-order valence-electron chi connectivity index (χ4n) is 2.98. The van der Waals surface area contributed by atoms with Crippen molar-refractivity contribution in [2.24, 2.45) is 0 Å². The smallest absolute Gasteiger partial charge is 0.475 e. The lowest BCUT2D eigenvalue weighted by molar-refractivity contribution is -0.193. The number of nitrogens with one attached hydrogen (secondary N) is 1. The van der Waals surface area contributed by atoms with Crippen molar-refractivity contribution < 1.29 is 50.5 Å². The molecule has 0 radical (unpaired) electrons. The number of pyridine rings is 1. The molecule has 8 nitrogen and oxygen atoms in total. The van der Waals surface area contributed by atoms with Crippen molar-refractivity contribution >= 4 is 22.8 Å². The lowest BCUT2D eigenvalue weighted by Gasteiger charge is -2.18. The van der Waals surface area contributed by atoms with Gasteiger partial charge in [-0.05, 0) is 51.6 Å². The van der Waals surface area contributed by atoms with Crippen LogP contribution in [0.2, 0.25) is 0 Å². The van der Waals surface area contributed by atoms with Gasteiger partial charge < -0.3 is 10.2 Å². The second kappa shape index (κ2) is 12.5. The van der Waals surface area contributed by atoms with Crippen LogP contribution in [0.4, 0.5) is 30.7 Å². The number of alkyl halides is 6. The zero-order chi connectivity index (χ0) is 28.7. The lowest BCUT2D eigenvalue weighted by Crippen LogP contribution is -2.21. The van der Waals surface area contributed by atoms with Gasteiger partial charge >= 0.3 is 24.3 Å². The molecule has 3 rings (SSSR count). The van der Waals surface area contributed by atoms with E-state index in [2.05, 4.69) is 33.2 Å². The minimum Gasteiger partial charge on any atom is -0.475 e. The van der Waals surface area contributed by atoms with E-state index in [4.69, 9.17) is 19.8 Å². The van der Waals surface area contributed by atoms with Crippen molar-refractivity contribution in [1.29, 1.82) is 0 Å². The highest BCUT2D eigenvalue weighted by atomic mass is 19.4. The minimum absolute atomic E-state index is 0.250. The number of benzene rings is 1. The number of halogens is 7. The molecular weight excluding hydrogens is 517 g/mol. The van der Waals surface area contributed by atoms with E-state index in [0.29, 0.717) is 5.52 Å². The van der Waals surface area contributed by atoms with Crippen LogP contribution in [0.25, 0.3) is 10.9 Å². The monoisotopic (exact) mass is 540 g/mol. The summed E-state index contributed by atoms with van der Waals surface area (Å²) >= 11 is 0. The number of hydrogen-bond donors (Lipinski definition) is 3. The standard InChI is InChI=1S/C18H21FN4.2C2HF3O2/c1-11-7-14(16-6-5-15(19)8-18(16)20-11)9-23(4)10-17-12(2)21-22-13(17)3;2*3-2(4,5)1(6)7/h5-8H,9-10H2,1-4H3,(H,21,22);2*(H,6,7). The van der Waals surface area contributed by atoms with Gasteiger partial charge in [0.25, 0.3) is 0 Å². The lowest BCUT2D eigenvalue weighted by atomic mass is 10.1. The van der Waals surface area contributed by atoms with Gasteiger partial charge in [-0.25, -0.2) is 14.0 Å². The van der Waals surface area contributed by atoms with Gasteiger partial charge in [-0.1, -0.05) is 0 Å². The van der Waals surface area contributed by atoms with E-state index >= 15 is 0 Å². The average molecular weight is 540 g/mol. The first-order chi connectivity index (χ1) is 16.8. The molecule has 0 saturated carbocycles. The van der Waals surface area contributed by atoms with E-state index < -0.39 is 24.3 Å². The van der Waals surface area contributed by atoms with Crippen LogP contribution in [0, 0.1) is 26.6 Å². The van der Waals surface area contributed by atoms with Gasteiger partial charge in [0.2, 0.25) is 0 Å². The van der Waals surface area contributed by atoms with Gasteiger partial charge in [0.05, 0.1) is 11.2 Å². The summed E-state index contributed by atoms with van der Waals surface area (Å²) in [5.41, 5.74) is 6.15. The summed E-state index contributed by atoms with van der Waals surface area (Å²) in [6.45, 7) is 7.59. The Labute approximate surface area is 205 Å². The van der Waals surface area contributed by atoms with Crippen molar-refractivity contribution in [2.45, 2.75) is 46.2 Å². The van der Waals surface area contributed by atoms with E-state index in [9.17, 15) is 30.7 Å². The van der Waals surface area contributed by atoms with Crippen LogP contribution in [-0.4, -0.2) is 61.6 Å². The molecule has 0 amide bonds. The number of aromatic amines is 1. The number of aryl methyl sites for hydroxylation is 3. The topological polar surface area (TPSA) is 119 Å². The highest BCUT2D eigenvalue weighted by molar-refractivity contribution is 5.82. The molecule has 1 aromatic carbocycles. The number of aliphatic carboxylic acids is 2. The Morgan fingerprint density at radius 3 is 1.89 bits per heavy atom. The zero-order valence-electron chi connectivity index (χ0n) is 19.9. The Kier molecular flexibility index (Phi) is 10.5. The van der Waals surface area contributed by atoms with E-state index in [0.717, 1.165) is 41.1 Å². The first-order valence-corrected chi connectivity index (χ1v) is 10.2. The zero-order valence-corrected chi connectivity index (χ0v) is 19.9. The molecule has 3 N–H and O–H groups in total. The van der Waals surface area contributed by atoms with Crippen molar-refractivity contribution in [2.75, 3.05) is 7.05 Å². The largest absolute Gasteiger partial charge is 0.490 e. The fraction of sp³-hybridized carbons (Fsp3) is 0.364. The number of nitrogens with zero attached hydrogens (tertiary/aromatic N) is 3. The number of fused-ring (bicyclic) bond motifs is 1. The summed E-state index contributed by atoms with van der Waals surface area (Å²) in [5.74, 6) is -5.76. The van der Waals surface area contributed by atoms with Crippen molar-refractivity contribution in [3.8, 4) is 0 Å². The normalized spacial score (nSPS) is 11.5. The van der Waals surface area contributed by atoms with E-state index in [-0.39, 0.29) is 5.82 Å². The minimum atomic E-state index is -5.08. The third-order valence-electron chi connectivity index (χ3n) is 4.62. The average Bonchev–Trinajstić information content (AvgIpc) is 3.04. The maximum atomic E-state index is 13.4. The van der Waals surface area contributed by atoms with Crippen LogP contribution >= 0.6 is 0 Å². The molecule has 3 aromatic rings. The molecular formula is C22H23F7N4O4. The quantitative estimate of drug-likeness (QED) is 0.402. The van der Waals surface area contributed by atoms with Gasteiger partial charge in [0.15, 0.2) is 0 Å². The number of H-pyrrole nitrogens is 1. The van der Waals surface area contributed by atoms with Crippen LogP contribution in [0.15, 0.2) is 24.3 Å². The predicted molar refractivity (Wildman–Crippen MR) is 117 cm³/mol. The number of carboxylic acid groups (broad SMARTS) is 2. The van der Waals surface area contributed by atoms with Crippen molar-refractivity contribution in [3.05, 3.63) is 58.3 Å². The van der Waals surface area contributed by atoms with E-state index in [1.807, 2.05) is 26.8 Å². The third kappa shape index (κ3) is 10.0. The molecule has 0 fully saturated rings. The molecule has 0 bridgehead atoms. The van der Waals surface area contributed by atoms with Gasteiger partial charge in [-0.15, -0.1) is 0 Å². The Bertz CT molecular complexity index is 1190. The van der Waals surface area contributed by atoms with E-state index in [1.165, 1.54) is 17.7 Å². The number of rotatable bonds is 4. The summed E-state index contributed by atoms with van der Waals surface area (Å²) in [5, 5.41) is 22.5. The molecule has 0 atom stereocenters. The van der Waals surface area contributed by atoms with Gasteiger partial charge in [0, 0.05) is 41.5 Å². The van der Waals surface area contributed by atoms with Crippen LogP contribution in [-0.2, 0) is 22.7 Å². The second-order valence-corrected chi connectivity index (χ2v) is 7.77. The number of carbonyl (C=O) groups is 2. The molecule has 0 saturated heterocycles. The fourth-order valence-corrected chi connectivity index (χ4v) is 2.98. The molecule has 0 aliphatic rings. The summed E-state index contributed by atoms with van der Waals surface area (Å²) in [6.07, 6.45) is -10.2. The van der Waals surface area contributed by atoms with Gasteiger partial charge in [0.1, 0.15) is 5.82 Å². The molecule has 2 heterocycles. The summed E-state index contributed by atoms with van der Waals surface area (Å²) in [6, 6.07) is 6.88. The molecule has 0 aliphatic carbocycles. The highest BCUT2D eigenvalue weighted by Gasteiger charge is 2.38. The maximum absolute atomic E-state index is 13.4. The molecule has 2 aromatic heterocycles. The highest BCUT2D eigenvalue weighted by Crippen LogP contribution is 2.22. The first kappa shape index (κ1) is 31.3. The Morgan fingerprint density at radius 2 is 1.46 bits per heavy atom. The summed E-state index contributed by atoms with van der Waals surface area (Å²) < 4.78 is 76.9. The van der Waals surface area contributed by atoms with Crippen molar-refractivity contribution in [1.82, 2.24) is 20.1 Å². The van der Waals surface area contributed by atoms with Crippen LogP contribution in [0.1, 0.15) is 28.2 Å². The van der Waals surface area contributed by atoms with Crippen molar-refractivity contribution in [3.63, 3.8) is 0 Å². The Hall–Kier alpha value is -3.75. The Balaban J connectivity index is 0.000000404. The first-order valence-electron chi connectivity index (χ1n) is 10.2. The molecule has 0 aliphatic heterocycles. The van der Waals surface area contributed by atoms with Gasteiger partial charge in [-0.3, -0.25) is 15.0 Å². The molecule has 15 heteroatoms. The van der Waals surface area contributed by atoms with Crippen LogP contribution < -0.4 is 0 Å². The Morgan fingerprint density at radius 1 is 0.946 bits per heavy atom. The van der Waals surface area contributed by atoms with E-state index in [1.54, 1.807) is 0 Å². The second-order valence-electron chi connectivity index (χ2n) is 7.77. The molecule has 0 spiro atoms.